The van der Waals surface area contributed by atoms with Crippen LogP contribution in [0.2, 0.25) is 6.04 Å². The lowest BCUT2D eigenvalue weighted by molar-refractivity contribution is 0.0706. The minimum absolute atomic E-state index is 0.662. The molecule has 0 fully saturated rings. The molecule has 0 aromatic carbocycles. The number of ether oxygens (including phenoxy) is 1. The highest BCUT2D eigenvalue weighted by Crippen LogP contribution is 2.20. The molecule has 0 rings (SSSR count). The summed E-state index contributed by atoms with van der Waals surface area (Å²) < 4.78 is 23.3. The minimum Gasteiger partial charge on any atom is -0.502 e. The van der Waals surface area contributed by atoms with Crippen LogP contribution in [-0.2, 0) is 18.0 Å². The van der Waals surface area contributed by atoms with Crippen LogP contribution in [0.25, 0.3) is 0 Å². The summed E-state index contributed by atoms with van der Waals surface area (Å²) in [6.45, 7) is 11.1. The molecule has 0 saturated carbocycles. The molecule has 162 valence electrons. The molecule has 27 heavy (non-hydrogen) atoms. The van der Waals surface area contributed by atoms with Gasteiger partial charge in [-0.1, -0.05) is 51.9 Å². The Labute approximate surface area is 170 Å². The molecular weight excluding hydrogens is 356 g/mol. The predicted molar refractivity (Wildman–Crippen MR) is 117 cm³/mol. The van der Waals surface area contributed by atoms with Crippen LogP contribution < -0.4 is 0 Å². The average molecular weight is 403 g/mol. The molecule has 5 heteroatoms. The van der Waals surface area contributed by atoms with Crippen molar-refractivity contribution < 1.29 is 18.0 Å². The first-order valence-electron chi connectivity index (χ1n) is 11.4. The quantitative estimate of drug-likeness (QED) is 0.119. The van der Waals surface area contributed by atoms with Crippen molar-refractivity contribution in [3.05, 3.63) is 12.3 Å². The van der Waals surface area contributed by atoms with E-state index in [4.69, 9.17) is 18.0 Å². The van der Waals surface area contributed by atoms with Crippen LogP contribution in [0.3, 0.4) is 0 Å². The summed E-state index contributed by atoms with van der Waals surface area (Å²) in [7, 11) is -2.43. The van der Waals surface area contributed by atoms with Crippen molar-refractivity contribution in [2.24, 2.45) is 0 Å². The van der Waals surface area contributed by atoms with Gasteiger partial charge in [0.1, 0.15) is 0 Å². The van der Waals surface area contributed by atoms with E-state index in [0.29, 0.717) is 19.8 Å². The van der Waals surface area contributed by atoms with Gasteiger partial charge in [-0.05, 0) is 52.5 Å². The molecule has 0 atom stereocenters. The molecule has 0 radical (unpaired) electrons. The zero-order valence-corrected chi connectivity index (χ0v) is 19.6. The summed E-state index contributed by atoms with van der Waals surface area (Å²) in [5.74, 6) is 0. The van der Waals surface area contributed by atoms with Crippen molar-refractivity contribution >= 4 is 8.80 Å². The van der Waals surface area contributed by atoms with E-state index in [1.165, 1.54) is 57.8 Å². The van der Waals surface area contributed by atoms with Crippen LogP contribution in [0.5, 0.6) is 0 Å². The van der Waals surface area contributed by atoms with Crippen LogP contribution in [0, 0.1) is 0 Å². The van der Waals surface area contributed by atoms with Crippen molar-refractivity contribution in [1.82, 2.24) is 0 Å². The van der Waals surface area contributed by atoms with Gasteiger partial charge < -0.3 is 18.0 Å². The summed E-state index contributed by atoms with van der Waals surface area (Å²) in [5.41, 5.74) is 0. The fourth-order valence-electron chi connectivity index (χ4n) is 3.13. The largest absolute Gasteiger partial charge is 0.502 e. The first-order valence-corrected chi connectivity index (χ1v) is 13.4. The average Bonchev–Trinajstić information content (AvgIpc) is 2.65. The molecule has 0 amide bonds. The molecule has 0 aliphatic rings. The smallest absolute Gasteiger partial charge is 0.500 e. The first kappa shape index (κ1) is 26.6. The third-order valence-corrected chi connectivity index (χ3v) is 7.66. The fourth-order valence-corrected chi connectivity index (χ4v) is 5.81. The van der Waals surface area contributed by atoms with E-state index in [1.807, 2.05) is 27.0 Å². The van der Waals surface area contributed by atoms with Crippen LogP contribution in [-0.4, -0.2) is 35.2 Å². The van der Waals surface area contributed by atoms with Gasteiger partial charge in [-0.15, -0.1) is 0 Å². The predicted octanol–water partition coefficient (Wildman–Crippen LogP) is 6.88. The molecule has 0 heterocycles. The van der Waals surface area contributed by atoms with Crippen LogP contribution >= 0.6 is 0 Å². The van der Waals surface area contributed by atoms with Crippen LogP contribution in [0.15, 0.2) is 12.3 Å². The van der Waals surface area contributed by atoms with Crippen molar-refractivity contribution in [1.29, 1.82) is 0 Å². The lowest BCUT2D eigenvalue weighted by Crippen LogP contribution is -2.45. The highest BCUT2D eigenvalue weighted by Gasteiger charge is 2.39. The Balaban J connectivity index is 3.61. The van der Waals surface area contributed by atoms with Crippen LogP contribution in [0.4, 0.5) is 0 Å². The Morgan fingerprint density at radius 3 is 1.81 bits per heavy atom. The van der Waals surface area contributed by atoms with E-state index in [1.54, 1.807) is 0 Å². The van der Waals surface area contributed by atoms with Gasteiger partial charge in [0, 0.05) is 25.9 Å². The zero-order valence-electron chi connectivity index (χ0n) is 18.6. The molecule has 0 bridgehead atoms. The van der Waals surface area contributed by atoms with E-state index in [-0.39, 0.29) is 0 Å². The Kier molecular flexibility index (Phi) is 20.1. The molecule has 0 saturated heterocycles. The monoisotopic (exact) mass is 402 g/mol. The summed E-state index contributed by atoms with van der Waals surface area (Å²) in [6, 6.07) is 0.930. The number of hydrogen-bond donors (Lipinski definition) is 0. The highest BCUT2D eigenvalue weighted by atomic mass is 28.4. The van der Waals surface area contributed by atoms with Gasteiger partial charge in [0.2, 0.25) is 0 Å². The number of hydrogen-bond acceptors (Lipinski definition) is 4. The molecule has 0 aliphatic heterocycles. The Bertz CT molecular complexity index is 306. The molecule has 4 nitrogen and oxygen atoms in total. The van der Waals surface area contributed by atoms with Gasteiger partial charge in [-0.3, -0.25) is 0 Å². The maximum absolute atomic E-state index is 5.90. The highest BCUT2D eigenvalue weighted by molar-refractivity contribution is 6.60. The Hall–Kier alpha value is -0.363. The summed E-state index contributed by atoms with van der Waals surface area (Å²) >= 11 is 0. The third-order valence-electron chi connectivity index (χ3n) is 4.50. The van der Waals surface area contributed by atoms with Gasteiger partial charge in [-0.2, -0.15) is 0 Å². The maximum Gasteiger partial charge on any atom is 0.500 e. The second-order valence-corrected chi connectivity index (χ2v) is 9.68. The second kappa shape index (κ2) is 20.4. The van der Waals surface area contributed by atoms with Gasteiger partial charge in [0.05, 0.1) is 12.9 Å². The Morgan fingerprint density at radius 1 is 0.630 bits per heavy atom. The minimum atomic E-state index is -2.43. The summed E-state index contributed by atoms with van der Waals surface area (Å²) in [5, 5.41) is 0. The van der Waals surface area contributed by atoms with Gasteiger partial charge in [0.25, 0.3) is 0 Å². The fraction of sp³-hybridized carbons (Fsp3) is 0.909. The van der Waals surface area contributed by atoms with E-state index < -0.39 is 8.80 Å². The van der Waals surface area contributed by atoms with Gasteiger partial charge in [0.15, 0.2) is 0 Å². The summed E-state index contributed by atoms with van der Waals surface area (Å²) in [6.07, 6.45) is 17.8. The number of rotatable bonds is 21. The second-order valence-electron chi connectivity index (χ2n) is 6.95. The van der Waals surface area contributed by atoms with Crippen molar-refractivity contribution in [3.63, 3.8) is 0 Å². The van der Waals surface area contributed by atoms with Crippen molar-refractivity contribution in [2.45, 2.75) is 104 Å². The van der Waals surface area contributed by atoms with Crippen molar-refractivity contribution in [3.8, 4) is 0 Å². The van der Waals surface area contributed by atoms with E-state index in [0.717, 1.165) is 25.5 Å². The number of unbranched alkanes of at least 4 members (excludes halogenated alkanes) is 9. The van der Waals surface area contributed by atoms with E-state index in [2.05, 4.69) is 13.0 Å². The molecule has 0 aliphatic carbocycles. The van der Waals surface area contributed by atoms with Crippen molar-refractivity contribution in [2.75, 3.05) is 26.4 Å². The van der Waals surface area contributed by atoms with E-state index in [9.17, 15) is 0 Å². The third kappa shape index (κ3) is 16.3. The zero-order chi connectivity index (χ0) is 20.1. The van der Waals surface area contributed by atoms with E-state index >= 15 is 0 Å². The maximum atomic E-state index is 5.90. The topological polar surface area (TPSA) is 36.9 Å². The SMILES string of the molecule is CCCCCCCCOC=CCCCCCC[Si](OCC)(OCC)OCC. The van der Waals surface area contributed by atoms with Crippen LogP contribution in [0.1, 0.15) is 98.3 Å². The van der Waals surface area contributed by atoms with Gasteiger partial charge in [-0.25, -0.2) is 0 Å². The summed E-state index contributed by atoms with van der Waals surface area (Å²) in [4.78, 5) is 0. The Morgan fingerprint density at radius 2 is 1.19 bits per heavy atom. The molecular formula is C22H46O4Si. The van der Waals surface area contributed by atoms with Gasteiger partial charge >= 0.3 is 8.80 Å². The lowest BCUT2D eigenvalue weighted by Gasteiger charge is -2.28. The molecule has 0 unspecified atom stereocenters. The molecule has 0 N–H and O–H groups in total. The molecule has 0 aromatic heterocycles. The lowest BCUT2D eigenvalue weighted by atomic mass is 10.1. The standard InChI is InChI=1S/C22H46O4Si/c1-5-9-10-11-14-17-20-23-21-18-15-12-13-16-19-22-27(24-6-2,25-7-3)26-8-4/h18,21H,5-17,19-20,22H2,1-4H3. The normalized spacial score (nSPS) is 12.1. The first-order chi connectivity index (χ1) is 13.2. The molecule has 0 aromatic rings. The number of allylic oxidation sites excluding steroid dienone is 1. The molecule has 0 spiro atoms.